The van der Waals surface area contributed by atoms with Crippen molar-refractivity contribution in [2.45, 2.75) is 32.9 Å². The summed E-state index contributed by atoms with van der Waals surface area (Å²) in [5.41, 5.74) is -1.33. The van der Waals surface area contributed by atoms with Gasteiger partial charge in [0, 0.05) is 17.2 Å². The van der Waals surface area contributed by atoms with Crippen molar-refractivity contribution in [2.75, 3.05) is 6.54 Å². The minimum Gasteiger partial charge on any atom is -0.444 e. The number of rotatable bonds is 5. The van der Waals surface area contributed by atoms with Crippen LogP contribution in [-0.4, -0.2) is 37.6 Å². The van der Waals surface area contributed by atoms with Gasteiger partial charge in [-0.25, -0.2) is 32.6 Å². The lowest BCUT2D eigenvalue weighted by atomic mass is 10.2. The summed E-state index contributed by atoms with van der Waals surface area (Å²) in [5.74, 6) is -0.953. The number of pyridine rings is 1. The number of carbonyl (C=O) groups is 1. The molecule has 0 saturated carbocycles. The zero-order valence-corrected chi connectivity index (χ0v) is 16.5. The number of carbonyl (C=O) groups excluding carboxylic acids is 1. The molecule has 146 valence electrons. The van der Waals surface area contributed by atoms with Gasteiger partial charge in [-0.1, -0.05) is 0 Å². The molecule has 2 rings (SSSR count). The lowest BCUT2D eigenvalue weighted by Gasteiger charge is -2.19. The number of hydrogen-bond donors (Lipinski definition) is 1. The van der Waals surface area contributed by atoms with E-state index in [1.165, 1.54) is 6.20 Å². The number of amides is 1. The highest BCUT2D eigenvalue weighted by molar-refractivity contribution is 9.10. The SMILES string of the molecule is CC(C)(C)OC(=O)NC/C(=C\F)Cn1ncn(-c2ncc(Br)cc2F)c1=O. The summed E-state index contributed by atoms with van der Waals surface area (Å²) in [6.45, 7) is 4.66. The van der Waals surface area contributed by atoms with Gasteiger partial charge >= 0.3 is 11.8 Å². The van der Waals surface area contributed by atoms with Crippen LogP contribution in [0.2, 0.25) is 0 Å². The van der Waals surface area contributed by atoms with Gasteiger partial charge in [0.2, 0.25) is 0 Å². The van der Waals surface area contributed by atoms with E-state index in [4.69, 9.17) is 4.74 Å². The minimum absolute atomic E-state index is 0.0671. The monoisotopic (exact) mass is 445 g/mol. The molecule has 0 aromatic carbocycles. The van der Waals surface area contributed by atoms with Crippen molar-refractivity contribution in [1.29, 1.82) is 0 Å². The van der Waals surface area contributed by atoms with Crippen molar-refractivity contribution in [3.8, 4) is 5.82 Å². The third kappa shape index (κ3) is 5.71. The number of hydrogen-bond acceptors (Lipinski definition) is 5. The summed E-state index contributed by atoms with van der Waals surface area (Å²) in [6.07, 6.45) is 1.96. The maximum absolute atomic E-state index is 14.0. The van der Waals surface area contributed by atoms with E-state index in [9.17, 15) is 18.4 Å². The second-order valence-electron chi connectivity index (χ2n) is 6.52. The molecule has 27 heavy (non-hydrogen) atoms. The third-order valence-electron chi connectivity index (χ3n) is 3.12. The van der Waals surface area contributed by atoms with E-state index in [1.807, 2.05) is 0 Å². The number of aromatic nitrogens is 4. The molecule has 0 aliphatic carbocycles. The molecule has 2 heterocycles. The van der Waals surface area contributed by atoms with Crippen LogP contribution < -0.4 is 11.0 Å². The van der Waals surface area contributed by atoms with E-state index in [1.54, 1.807) is 20.8 Å². The van der Waals surface area contributed by atoms with Gasteiger partial charge in [0.1, 0.15) is 11.9 Å². The van der Waals surface area contributed by atoms with Crippen LogP contribution in [-0.2, 0) is 11.3 Å². The molecule has 8 nitrogen and oxygen atoms in total. The number of halogens is 3. The van der Waals surface area contributed by atoms with Gasteiger partial charge in [0.25, 0.3) is 0 Å². The van der Waals surface area contributed by atoms with Crippen LogP contribution in [0, 0.1) is 5.82 Å². The smallest absolute Gasteiger partial charge is 0.407 e. The Morgan fingerprint density at radius 2 is 2.15 bits per heavy atom. The molecular weight excluding hydrogens is 428 g/mol. The highest BCUT2D eigenvalue weighted by Crippen LogP contribution is 2.14. The van der Waals surface area contributed by atoms with Crippen molar-refractivity contribution in [3.05, 3.63) is 51.3 Å². The van der Waals surface area contributed by atoms with Crippen molar-refractivity contribution in [3.63, 3.8) is 0 Å². The zero-order chi connectivity index (χ0) is 20.2. The summed E-state index contributed by atoms with van der Waals surface area (Å²) in [6, 6.07) is 1.16. The molecule has 0 radical (unpaired) electrons. The normalized spacial score (nSPS) is 12.1. The Morgan fingerprint density at radius 1 is 1.44 bits per heavy atom. The molecule has 1 N–H and O–H groups in total. The molecule has 0 atom stereocenters. The minimum atomic E-state index is -0.723. The Bertz CT molecular complexity index is 918. The van der Waals surface area contributed by atoms with E-state index >= 15 is 0 Å². The molecule has 0 bridgehead atoms. The summed E-state index contributed by atoms with van der Waals surface area (Å²) in [7, 11) is 0. The maximum Gasteiger partial charge on any atom is 0.407 e. The molecule has 0 aliphatic heterocycles. The Labute approximate surface area is 162 Å². The fraction of sp³-hybridized carbons (Fsp3) is 0.375. The summed E-state index contributed by atoms with van der Waals surface area (Å²) in [5, 5.41) is 6.21. The Balaban J connectivity index is 2.10. The Hall–Kier alpha value is -2.56. The molecule has 0 aliphatic rings. The first-order chi connectivity index (χ1) is 12.6. The number of nitrogens with zero attached hydrogens (tertiary/aromatic N) is 4. The van der Waals surface area contributed by atoms with Crippen molar-refractivity contribution < 1.29 is 18.3 Å². The Kier molecular flexibility index (Phi) is 6.47. The van der Waals surface area contributed by atoms with Crippen molar-refractivity contribution in [2.24, 2.45) is 0 Å². The molecule has 2 aromatic heterocycles. The van der Waals surface area contributed by atoms with E-state index < -0.39 is 23.2 Å². The van der Waals surface area contributed by atoms with E-state index in [0.717, 1.165) is 21.6 Å². The molecule has 0 spiro atoms. The number of ether oxygens (including phenoxy) is 1. The van der Waals surface area contributed by atoms with Gasteiger partial charge in [-0.15, -0.1) is 0 Å². The van der Waals surface area contributed by atoms with Gasteiger partial charge in [-0.05, 0) is 48.3 Å². The van der Waals surface area contributed by atoms with Gasteiger partial charge in [0.05, 0.1) is 12.9 Å². The largest absolute Gasteiger partial charge is 0.444 e. The van der Waals surface area contributed by atoms with E-state index in [0.29, 0.717) is 4.47 Å². The molecule has 0 unspecified atom stereocenters. The third-order valence-corrected chi connectivity index (χ3v) is 3.55. The second kappa shape index (κ2) is 8.42. The highest BCUT2D eigenvalue weighted by atomic mass is 79.9. The maximum atomic E-state index is 14.0. The zero-order valence-electron chi connectivity index (χ0n) is 14.9. The second-order valence-corrected chi connectivity index (χ2v) is 7.44. The standard InChI is InChI=1S/C16H18BrF2N5O3/c1-16(2,3)27-14(25)21-6-10(5-18)8-24-15(26)23(9-22-24)13-12(19)4-11(17)7-20-13/h4-5,7,9H,6,8H2,1-3H3,(H,21,25)/b10-5+. The average molecular weight is 446 g/mol. The lowest BCUT2D eigenvalue weighted by molar-refractivity contribution is 0.0532. The van der Waals surface area contributed by atoms with Crippen LogP contribution in [0.3, 0.4) is 0 Å². The van der Waals surface area contributed by atoms with Gasteiger partial charge in [-0.2, -0.15) is 5.10 Å². The quantitative estimate of drug-likeness (QED) is 0.763. The van der Waals surface area contributed by atoms with Crippen LogP contribution in [0.15, 0.2) is 39.8 Å². The molecular formula is C16H18BrF2N5O3. The first kappa shape index (κ1) is 20.7. The molecule has 0 fully saturated rings. The molecule has 11 heteroatoms. The van der Waals surface area contributed by atoms with Crippen LogP contribution in [0.1, 0.15) is 20.8 Å². The van der Waals surface area contributed by atoms with Crippen LogP contribution in [0.5, 0.6) is 0 Å². The summed E-state index contributed by atoms with van der Waals surface area (Å²) < 4.78 is 34.4. The average Bonchev–Trinajstić information content (AvgIpc) is 2.90. The molecule has 0 saturated heterocycles. The first-order valence-corrected chi connectivity index (χ1v) is 8.61. The summed E-state index contributed by atoms with van der Waals surface area (Å²) in [4.78, 5) is 27.8. The number of alkyl carbamates (subject to hydrolysis) is 1. The van der Waals surface area contributed by atoms with E-state index in [2.05, 4.69) is 31.3 Å². The first-order valence-electron chi connectivity index (χ1n) is 7.81. The molecule has 1 amide bonds. The Morgan fingerprint density at radius 3 is 2.74 bits per heavy atom. The van der Waals surface area contributed by atoms with Crippen molar-refractivity contribution >= 4 is 22.0 Å². The molecule has 2 aromatic rings. The summed E-state index contributed by atoms with van der Waals surface area (Å²) >= 11 is 3.08. The van der Waals surface area contributed by atoms with Crippen LogP contribution in [0.25, 0.3) is 5.82 Å². The topological polar surface area (TPSA) is 91.0 Å². The van der Waals surface area contributed by atoms with E-state index in [-0.39, 0.29) is 30.8 Å². The van der Waals surface area contributed by atoms with Crippen LogP contribution in [0.4, 0.5) is 13.6 Å². The highest BCUT2D eigenvalue weighted by Gasteiger charge is 2.17. The predicted octanol–water partition coefficient (Wildman–Crippen LogP) is 2.71. The fourth-order valence-electron chi connectivity index (χ4n) is 2.00. The number of nitrogens with one attached hydrogen (secondary N) is 1. The predicted molar refractivity (Wildman–Crippen MR) is 96.7 cm³/mol. The lowest BCUT2D eigenvalue weighted by Crippen LogP contribution is -2.34. The van der Waals surface area contributed by atoms with Gasteiger partial charge in [0.15, 0.2) is 11.6 Å². The van der Waals surface area contributed by atoms with Gasteiger partial charge in [-0.3, -0.25) is 0 Å². The fourth-order valence-corrected chi connectivity index (χ4v) is 2.30. The van der Waals surface area contributed by atoms with Crippen molar-refractivity contribution in [1.82, 2.24) is 24.6 Å². The van der Waals surface area contributed by atoms with Crippen LogP contribution >= 0.6 is 15.9 Å². The van der Waals surface area contributed by atoms with Gasteiger partial charge < -0.3 is 10.1 Å².